The number of ether oxygens (including phenoxy) is 2. The van der Waals surface area contributed by atoms with Crippen LogP contribution in [0.1, 0.15) is 32.0 Å². The second-order valence-corrected chi connectivity index (χ2v) is 16.4. The Morgan fingerprint density at radius 3 is 2.73 bits per heavy atom. The lowest BCUT2D eigenvalue weighted by Crippen LogP contribution is -2.39. The van der Waals surface area contributed by atoms with Crippen LogP contribution in [-0.2, 0) is 29.2 Å². The van der Waals surface area contributed by atoms with Crippen molar-refractivity contribution in [1.82, 2.24) is 29.6 Å². The van der Waals surface area contributed by atoms with Gasteiger partial charge in [0.2, 0.25) is 0 Å². The molecule has 33 heavy (non-hydrogen) atoms. The van der Waals surface area contributed by atoms with E-state index in [1.165, 1.54) is 0 Å². The zero-order valence-corrected chi connectivity index (χ0v) is 21.4. The van der Waals surface area contributed by atoms with Crippen LogP contribution in [0.4, 0.5) is 4.79 Å². The first-order chi connectivity index (χ1) is 15.5. The van der Waals surface area contributed by atoms with E-state index in [0.717, 1.165) is 46.3 Å². The van der Waals surface area contributed by atoms with Crippen molar-refractivity contribution in [3.8, 4) is 11.4 Å². The summed E-state index contributed by atoms with van der Waals surface area (Å²) in [5.74, 6) is 0. The first-order valence-corrected chi connectivity index (χ1v) is 15.1. The van der Waals surface area contributed by atoms with E-state index in [-0.39, 0.29) is 6.09 Å². The summed E-state index contributed by atoms with van der Waals surface area (Å²) in [4.78, 5) is 23.4. The van der Waals surface area contributed by atoms with Gasteiger partial charge in [0.1, 0.15) is 35.7 Å². The van der Waals surface area contributed by atoms with Gasteiger partial charge in [0.25, 0.3) is 0 Å². The second-order valence-electron chi connectivity index (χ2n) is 10.8. The van der Waals surface area contributed by atoms with Crippen LogP contribution < -0.4 is 0 Å². The Morgan fingerprint density at radius 2 is 2.00 bits per heavy atom. The van der Waals surface area contributed by atoms with Crippen LogP contribution in [0.2, 0.25) is 25.7 Å². The van der Waals surface area contributed by atoms with E-state index in [4.69, 9.17) is 9.47 Å². The predicted molar refractivity (Wildman–Crippen MR) is 130 cm³/mol. The van der Waals surface area contributed by atoms with Crippen molar-refractivity contribution in [2.45, 2.75) is 71.8 Å². The summed E-state index contributed by atoms with van der Waals surface area (Å²) in [6, 6.07) is 3.13. The standard InChI is InChI=1S/C23H34N6O3Si/c1-23(2,3)32-22(30)28-10-8-18-17(13-28)20(27-26-18)19-16-7-9-29(21(16)25-14-24-19)15-31-11-12-33(4,5)6/h7,9,14H,8,10-13,15H2,1-6H3,(H,26,27). The Morgan fingerprint density at radius 1 is 1.21 bits per heavy atom. The number of hydrogen-bond donors (Lipinski definition) is 1. The quantitative estimate of drug-likeness (QED) is 0.423. The minimum atomic E-state index is -1.13. The number of carbonyl (C=O) groups excluding carboxylic acids is 1. The minimum absolute atomic E-state index is 0.310. The normalized spacial score (nSPS) is 14.5. The van der Waals surface area contributed by atoms with Gasteiger partial charge in [-0.1, -0.05) is 19.6 Å². The summed E-state index contributed by atoms with van der Waals surface area (Å²) in [6.45, 7) is 14.9. The average molecular weight is 471 g/mol. The zero-order valence-electron chi connectivity index (χ0n) is 20.4. The molecule has 0 radical (unpaired) electrons. The molecule has 0 unspecified atom stereocenters. The van der Waals surface area contributed by atoms with Crippen molar-refractivity contribution in [3.05, 3.63) is 29.8 Å². The highest BCUT2D eigenvalue weighted by Gasteiger charge is 2.30. The first-order valence-electron chi connectivity index (χ1n) is 11.4. The molecule has 4 rings (SSSR count). The maximum Gasteiger partial charge on any atom is 0.410 e. The maximum atomic E-state index is 12.6. The molecule has 0 bridgehead atoms. The number of aromatic amines is 1. The fraction of sp³-hybridized carbons (Fsp3) is 0.565. The molecule has 0 aliphatic carbocycles. The predicted octanol–water partition coefficient (Wildman–Crippen LogP) is 4.43. The minimum Gasteiger partial charge on any atom is -0.444 e. The molecule has 0 saturated carbocycles. The van der Waals surface area contributed by atoms with Crippen molar-refractivity contribution in [3.63, 3.8) is 0 Å². The van der Waals surface area contributed by atoms with Crippen LogP contribution >= 0.6 is 0 Å². The summed E-state index contributed by atoms with van der Waals surface area (Å²) in [6.07, 6.45) is 3.92. The van der Waals surface area contributed by atoms with Gasteiger partial charge in [-0.05, 0) is 32.9 Å². The highest BCUT2D eigenvalue weighted by Crippen LogP contribution is 2.32. The van der Waals surface area contributed by atoms with E-state index in [9.17, 15) is 4.79 Å². The van der Waals surface area contributed by atoms with Gasteiger partial charge < -0.3 is 18.9 Å². The van der Waals surface area contributed by atoms with Crippen LogP contribution in [0.15, 0.2) is 18.6 Å². The Balaban J connectivity index is 1.56. The number of hydrogen-bond acceptors (Lipinski definition) is 6. The number of fused-ring (bicyclic) bond motifs is 2. The number of carbonyl (C=O) groups is 1. The van der Waals surface area contributed by atoms with Gasteiger partial charge in [0.05, 0.1) is 6.54 Å². The Kier molecular flexibility index (Phi) is 6.32. The van der Waals surface area contributed by atoms with E-state index < -0.39 is 13.7 Å². The lowest BCUT2D eigenvalue weighted by molar-refractivity contribution is 0.0224. The number of nitrogens with zero attached hydrogens (tertiary/aromatic N) is 5. The molecule has 4 heterocycles. The van der Waals surface area contributed by atoms with Gasteiger partial charge in [0, 0.05) is 50.5 Å². The van der Waals surface area contributed by atoms with Gasteiger partial charge in [0.15, 0.2) is 0 Å². The van der Waals surface area contributed by atoms with Crippen LogP contribution in [-0.4, -0.2) is 62.6 Å². The lowest BCUT2D eigenvalue weighted by atomic mass is 10.0. The number of nitrogens with one attached hydrogen (secondary N) is 1. The monoisotopic (exact) mass is 470 g/mol. The molecule has 0 fully saturated rings. The van der Waals surface area contributed by atoms with E-state index in [0.29, 0.717) is 26.2 Å². The molecule has 1 N–H and O–H groups in total. The van der Waals surface area contributed by atoms with E-state index in [2.05, 4.69) is 39.8 Å². The van der Waals surface area contributed by atoms with Crippen molar-refractivity contribution >= 4 is 25.2 Å². The molecule has 178 valence electrons. The Labute approximate surface area is 195 Å². The zero-order chi connectivity index (χ0) is 23.8. The SMILES string of the molecule is CC(C)(C)OC(=O)N1CCc2[nH]nc(-c3ncnc4c3ccn4COCC[Si](C)(C)C)c2C1. The number of rotatable bonds is 6. The van der Waals surface area contributed by atoms with Crippen LogP contribution in [0, 0.1) is 0 Å². The first kappa shape index (κ1) is 23.4. The topological polar surface area (TPSA) is 98.2 Å². The van der Waals surface area contributed by atoms with Gasteiger partial charge in [-0.3, -0.25) is 5.10 Å². The fourth-order valence-electron chi connectivity index (χ4n) is 3.81. The second kappa shape index (κ2) is 8.90. The van der Waals surface area contributed by atoms with Crippen LogP contribution in [0.3, 0.4) is 0 Å². The van der Waals surface area contributed by atoms with Gasteiger partial charge >= 0.3 is 6.09 Å². The summed E-state index contributed by atoms with van der Waals surface area (Å²) >= 11 is 0. The molecule has 10 heteroatoms. The molecular weight excluding hydrogens is 436 g/mol. The number of aromatic nitrogens is 5. The highest BCUT2D eigenvalue weighted by molar-refractivity contribution is 6.76. The molecule has 0 atom stereocenters. The lowest BCUT2D eigenvalue weighted by Gasteiger charge is -2.30. The summed E-state index contributed by atoms with van der Waals surface area (Å²) < 4.78 is 13.5. The van der Waals surface area contributed by atoms with Crippen LogP contribution in [0.25, 0.3) is 22.4 Å². The fourth-order valence-corrected chi connectivity index (χ4v) is 4.57. The third kappa shape index (κ3) is 5.44. The van der Waals surface area contributed by atoms with Gasteiger partial charge in [-0.25, -0.2) is 14.8 Å². The number of amides is 1. The molecule has 0 aromatic carbocycles. The molecule has 3 aromatic heterocycles. The van der Waals surface area contributed by atoms with E-state index in [1.807, 2.05) is 37.6 Å². The maximum absolute atomic E-state index is 12.6. The van der Waals surface area contributed by atoms with Gasteiger partial charge in [-0.2, -0.15) is 5.10 Å². The summed E-state index contributed by atoms with van der Waals surface area (Å²) in [5.41, 5.74) is 3.80. The van der Waals surface area contributed by atoms with Crippen molar-refractivity contribution in [1.29, 1.82) is 0 Å². The number of H-pyrrole nitrogens is 1. The van der Waals surface area contributed by atoms with E-state index in [1.54, 1.807) is 11.2 Å². The van der Waals surface area contributed by atoms with Crippen molar-refractivity contribution in [2.24, 2.45) is 0 Å². The Hall–Kier alpha value is -2.72. The summed E-state index contributed by atoms with van der Waals surface area (Å²) in [7, 11) is -1.13. The molecule has 1 amide bonds. The highest BCUT2D eigenvalue weighted by atomic mass is 28.3. The molecule has 9 nitrogen and oxygen atoms in total. The molecule has 3 aromatic rings. The summed E-state index contributed by atoms with van der Waals surface area (Å²) in [5, 5.41) is 8.62. The largest absolute Gasteiger partial charge is 0.444 e. The third-order valence-corrected chi connectivity index (χ3v) is 7.30. The Bertz CT molecular complexity index is 1140. The smallest absolute Gasteiger partial charge is 0.410 e. The molecule has 0 spiro atoms. The van der Waals surface area contributed by atoms with E-state index >= 15 is 0 Å². The molecule has 0 saturated heterocycles. The van der Waals surface area contributed by atoms with Gasteiger partial charge in [-0.15, -0.1) is 0 Å². The molecule has 1 aliphatic heterocycles. The van der Waals surface area contributed by atoms with Crippen molar-refractivity contribution < 1.29 is 14.3 Å². The molecular formula is C23H34N6O3Si. The average Bonchev–Trinajstić information content (AvgIpc) is 3.33. The van der Waals surface area contributed by atoms with Crippen LogP contribution in [0.5, 0.6) is 0 Å². The third-order valence-electron chi connectivity index (χ3n) is 5.59. The molecule has 1 aliphatic rings. The van der Waals surface area contributed by atoms with Crippen molar-refractivity contribution in [2.75, 3.05) is 13.2 Å².